The van der Waals surface area contributed by atoms with Crippen LogP contribution in [0.3, 0.4) is 0 Å². The summed E-state index contributed by atoms with van der Waals surface area (Å²) in [6.45, 7) is 2.16. The monoisotopic (exact) mass is 360 g/mol. The number of carbonyl (C=O) groups is 1. The third-order valence-corrected chi connectivity index (χ3v) is 6.83. The van der Waals surface area contributed by atoms with Gasteiger partial charge in [0.25, 0.3) is 0 Å². The van der Waals surface area contributed by atoms with E-state index in [9.17, 15) is 15.0 Å². The Kier molecular flexibility index (Phi) is 6.42. The molecule has 0 aromatic heterocycles. The third-order valence-electron chi connectivity index (χ3n) is 6.83. The first kappa shape index (κ1) is 19.5. The second-order valence-corrected chi connectivity index (χ2v) is 8.41. The third kappa shape index (κ3) is 4.15. The van der Waals surface area contributed by atoms with E-state index in [2.05, 4.69) is 24.8 Å². The predicted molar refractivity (Wildman–Crippen MR) is 100 cm³/mol. The van der Waals surface area contributed by atoms with Gasteiger partial charge in [-0.2, -0.15) is 0 Å². The molecule has 3 fully saturated rings. The zero-order chi connectivity index (χ0) is 18.7. The van der Waals surface area contributed by atoms with Gasteiger partial charge < -0.3 is 15.3 Å². The molecule has 0 aromatic rings. The zero-order valence-corrected chi connectivity index (χ0v) is 15.7. The highest BCUT2D eigenvalue weighted by Gasteiger charge is 2.51. The number of hydrogen-bond acceptors (Lipinski definition) is 3. The molecular formula is C22H32O4. The smallest absolute Gasteiger partial charge is 0.303 e. The fourth-order valence-corrected chi connectivity index (χ4v) is 5.36. The number of fused-ring (bicyclic) bond motifs is 1. The molecule has 0 aliphatic heterocycles. The van der Waals surface area contributed by atoms with Crippen molar-refractivity contribution in [3.05, 3.63) is 11.6 Å². The Morgan fingerprint density at radius 1 is 1.23 bits per heavy atom. The van der Waals surface area contributed by atoms with Crippen LogP contribution in [0.1, 0.15) is 64.7 Å². The number of allylic oxidation sites excluding steroid dienone is 2. The predicted octanol–water partition coefficient (Wildman–Crippen LogP) is 3.38. The molecule has 4 nitrogen and oxygen atoms in total. The second-order valence-electron chi connectivity index (χ2n) is 8.41. The van der Waals surface area contributed by atoms with Gasteiger partial charge in [-0.15, -0.1) is 0 Å². The molecule has 3 saturated carbocycles. The Morgan fingerprint density at radius 3 is 2.65 bits per heavy atom. The molecule has 3 aliphatic rings. The summed E-state index contributed by atoms with van der Waals surface area (Å²) in [6, 6.07) is 0. The van der Waals surface area contributed by atoms with Gasteiger partial charge in [0.1, 0.15) is 6.10 Å². The van der Waals surface area contributed by atoms with Crippen LogP contribution >= 0.6 is 0 Å². The number of rotatable bonds is 4. The maximum Gasteiger partial charge on any atom is 0.303 e. The molecule has 6 atom stereocenters. The fourth-order valence-electron chi connectivity index (χ4n) is 5.36. The Morgan fingerprint density at radius 2 is 1.96 bits per heavy atom. The maximum atomic E-state index is 10.7. The second kappa shape index (κ2) is 8.59. The van der Waals surface area contributed by atoms with E-state index in [-0.39, 0.29) is 18.3 Å². The van der Waals surface area contributed by atoms with Crippen LogP contribution < -0.4 is 0 Å². The van der Waals surface area contributed by atoms with E-state index in [1.54, 1.807) is 0 Å². The van der Waals surface area contributed by atoms with Crippen LogP contribution in [0.5, 0.6) is 0 Å². The summed E-state index contributed by atoms with van der Waals surface area (Å²) in [5, 5.41) is 29.7. The van der Waals surface area contributed by atoms with Crippen LogP contribution in [-0.2, 0) is 4.79 Å². The molecule has 4 heteroatoms. The van der Waals surface area contributed by atoms with E-state index < -0.39 is 18.2 Å². The molecule has 3 rings (SSSR count). The number of aliphatic hydroxyl groups excluding tert-OH is 2. The summed E-state index contributed by atoms with van der Waals surface area (Å²) in [5.41, 5.74) is 1.35. The van der Waals surface area contributed by atoms with Crippen LogP contribution in [-0.4, -0.2) is 33.5 Å². The SMILES string of the molecule is CC1/C(=C\CCC(=O)O)[C@H]2CC[C@@H](O)[C@H](C#CC(O)C3CCCCC3)[C@@H]12. The topological polar surface area (TPSA) is 77.8 Å². The van der Waals surface area contributed by atoms with Gasteiger partial charge in [0.15, 0.2) is 0 Å². The first-order valence-corrected chi connectivity index (χ1v) is 10.3. The van der Waals surface area contributed by atoms with Crippen molar-refractivity contribution in [1.82, 2.24) is 0 Å². The summed E-state index contributed by atoms with van der Waals surface area (Å²) < 4.78 is 0. The lowest BCUT2D eigenvalue weighted by Crippen LogP contribution is -2.50. The van der Waals surface area contributed by atoms with Crippen molar-refractivity contribution >= 4 is 5.97 Å². The van der Waals surface area contributed by atoms with E-state index in [0.29, 0.717) is 24.2 Å². The standard InChI is InChI=1S/C22H32O4/c1-14-16(8-5-9-21(25)26)17-10-13-20(24)18(22(14)17)11-12-19(23)15-6-3-2-4-7-15/h8,14-15,17-20,22-24H,2-7,9-10,13H2,1H3,(H,25,26)/b16-8+/t14?,17-,18+,19?,20-,22+/m1/s1. The number of aliphatic hydroxyl groups is 2. The molecular weight excluding hydrogens is 328 g/mol. The Balaban J connectivity index is 1.65. The molecule has 0 aromatic carbocycles. The van der Waals surface area contributed by atoms with Gasteiger partial charge >= 0.3 is 5.97 Å². The molecule has 2 unspecified atom stereocenters. The molecule has 0 radical (unpaired) electrons. The molecule has 0 heterocycles. The van der Waals surface area contributed by atoms with Crippen molar-refractivity contribution in [2.45, 2.75) is 76.9 Å². The van der Waals surface area contributed by atoms with Gasteiger partial charge in [0.2, 0.25) is 0 Å². The van der Waals surface area contributed by atoms with Crippen LogP contribution in [0.4, 0.5) is 0 Å². The zero-order valence-electron chi connectivity index (χ0n) is 15.7. The van der Waals surface area contributed by atoms with Crippen molar-refractivity contribution in [1.29, 1.82) is 0 Å². The first-order chi connectivity index (χ1) is 12.5. The average molecular weight is 360 g/mol. The Hall–Kier alpha value is -1.31. The van der Waals surface area contributed by atoms with Gasteiger partial charge in [-0.1, -0.05) is 49.7 Å². The van der Waals surface area contributed by atoms with Gasteiger partial charge in [-0.3, -0.25) is 4.79 Å². The van der Waals surface area contributed by atoms with Crippen LogP contribution in [0.15, 0.2) is 11.6 Å². The minimum Gasteiger partial charge on any atom is -0.481 e. The normalized spacial score (nSPS) is 37.2. The van der Waals surface area contributed by atoms with Crippen molar-refractivity contribution in [2.24, 2.45) is 29.6 Å². The van der Waals surface area contributed by atoms with E-state index in [0.717, 1.165) is 25.7 Å². The lowest BCUT2D eigenvalue weighted by Gasteiger charge is -2.53. The molecule has 3 aliphatic carbocycles. The van der Waals surface area contributed by atoms with Gasteiger partial charge in [-0.05, 0) is 55.8 Å². The van der Waals surface area contributed by atoms with Crippen molar-refractivity contribution < 1.29 is 20.1 Å². The lowest BCUT2D eigenvalue weighted by atomic mass is 9.51. The summed E-state index contributed by atoms with van der Waals surface area (Å²) in [7, 11) is 0. The first-order valence-electron chi connectivity index (χ1n) is 10.3. The van der Waals surface area contributed by atoms with E-state index in [4.69, 9.17) is 5.11 Å². The summed E-state index contributed by atoms with van der Waals surface area (Å²) in [4.78, 5) is 10.7. The van der Waals surface area contributed by atoms with Crippen molar-refractivity contribution in [3.63, 3.8) is 0 Å². The average Bonchev–Trinajstić information content (AvgIpc) is 2.64. The highest BCUT2D eigenvalue weighted by atomic mass is 16.4. The van der Waals surface area contributed by atoms with Crippen LogP contribution in [0.25, 0.3) is 0 Å². The Labute approximate surface area is 156 Å². The number of carboxylic acid groups (broad SMARTS) is 1. The minimum absolute atomic E-state index is 0.0707. The Bertz CT molecular complexity index is 593. The summed E-state index contributed by atoms with van der Waals surface area (Å²) in [5.74, 6) is 6.89. The van der Waals surface area contributed by atoms with Gasteiger partial charge in [0, 0.05) is 6.42 Å². The highest BCUT2D eigenvalue weighted by Crippen LogP contribution is 2.55. The summed E-state index contributed by atoms with van der Waals surface area (Å²) in [6.07, 6.45) is 9.31. The number of hydrogen-bond donors (Lipinski definition) is 3. The largest absolute Gasteiger partial charge is 0.481 e. The molecule has 3 N–H and O–H groups in total. The quantitative estimate of drug-likeness (QED) is 0.530. The lowest BCUT2D eigenvalue weighted by molar-refractivity contribution is -0.136. The molecule has 26 heavy (non-hydrogen) atoms. The van der Waals surface area contributed by atoms with Gasteiger partial charge in [0.05, 0.1) is 12.0 Å². The fraction of sp³-hybridized carbons (Fsp3) is 0.773. The molecule has 0 saturated heterocycles. The van der Waals surface area contributed by atoms with Crippen LogP contribution in [0, 0.1) is 41.4 Å². The minimum atomic E-state index is -0.759. The van der Waals surface area contributed by atoms with E-state index in [1.165, 1.54) is 24.8 Å². The van der Waals surface area contributed by atoms with Crippen LogP contribution in [0.2, 0.25) is 0 Å². The highest BCUT2D eigenvalue weighted by molar-refractivity contribution is 5.66. The van der Waals surface area contributed by atoms with E-state index >= 15 is 0 Å². The van der Waals surface area contributed by atoms with Crippen molar-refractivity contribution in [2.75, 3.05) is 0 Å². The van der Waals surface area contributed by atoms with E-state index in [1.807, 2.05) is 0 Å². The molecule has 0 spiro atoms. The van der Waals surface area contributed by atoms with Crippen molar-refractivity contribution in [3.8, 4) is 11.8 Å². The molecule has 0 bridgehead atoms. The summed E-state index contributed by atoms with van der Waals surface area (Å²) >= 11 is 0. The maximum absolute atomic E-state index is 10.7. The van der Waals surface area contributed by atoms with Gasteiger partial charge in [-0.25, -0.2) is 0 Å². The number of aliphatic carboxylic acids is 1. The number of carboxylic acids is 1. The molecule has 0 amide bonds. The molecule has 144 valence electrons.